The molecule has 0 aliphatic heterocycles. The van der Waals surface area contributed by atoms with Gasteiger partial charge in [-0.15, -0.1) is 0 Å². The minimum absolute atomic E-state index is 0.0104. The highest BCUT2D eigenvalue weighted by Gasteiger charge is 2.21. The zero-order valence-electron chi connectivity index (χ0n) is 13.4. The summed E-state index contributed by atoms with van der Waals surface area (Å²) < 4.78 is 5.65. The van der Waals surface area contributed by atoms with Gasteiger partial charge in [0, 0.05) is 24.7 Å². The quantitative estimate of drug-likeness (QED) is 0.756. The van der Waals surface area contributed by atoms with Gasteiger partial charge in [0.15, 0.2) is 0 Å². The highest BCUT2D eigenvalue weighted by atomic mass is 16.5. The fraction of sp³-hybridized carbons (Fsp3) is 0.562. The fourth-order valence-corrected chi connectivity index (χ4v) is 2.22. The molecule has 1 unspecified atom stereocenters. The summed E-state index contributed by atoms with van der Waals surface area (Å²) in [6.45, 7) is 6.10. The lowest BCUT2D eigenvalue weighted by Crippen LogP contribution is -2.37. The van der Waals surface area contributed by atoms with E-state index in [1.807, 2.05) is 57.1 Å². The lowest BCUT2D eigenvalue weighted by molar-refractivity contribution is -0.139. The van der Waals surface area contributed by atoms with Gasteiger partial charge in [0.1, 0.15) is 5.75 Å². The number of nitrogens with zero attached hydrogens (tertiary/aromatic N) is 2. The predicted octanol–water partition coefficient (Wildman–Crippen LogP) is 2.09. The Morgan fingerprint density at radius 2 is 1.95 bits per heavy atom. The second-order valence-electron chi connectivity index (χ2n) is 5.31. The number of aliphatic carboxylic acids is 1. The van der Waals surface area contributed by atoms with Gasteiger partial charge in [0.25, 0.3) is 0 Å². The minimum Gasteiger partial charge on any atom is -0.494 e. The maximum atomic E-state index is 11.1. The second-order valence-corrected chi connectivity index (χ2v) is 5.31. The van der Waals surface area contributed by atoms with Crippen molar-refractivity contribution in [3.8, 4) is 5.75 Å². The average Bonchev–Trinajstić information content (AvgIpc) is 2.43. The van der Waals surface area contributed by atoms with Crippen LogP contribution in [0.1, 0.15) is 25.5 Å². The molecule has 1 aromatic rings. The number of ether oxygens (including phenoxy) is 1. The van der Waals surface area contributed by atoms with Crippen molar-refractivity contribution in [3.63, 3.8) is 0 Å². The molecule has 1 aromatic carbocycles. The first-order valence-corrected chi connectivity index (χ1v) is 7.28. The van der Waals surface area contributed by atoms with Gasteiger partial charge in [-0.2, -0.15) is 0 Å². The smallest absolute Gasteiger partial charge is 0.317 e. The molecule has 118 valence electrons. The third kappa shape index (κ3) is 5.73. The molecule has 1 rings (SSSR count). The first-order chi connectivity index (χ1) is 9.95. The van der Waals surface area contributed by atoms with Crippen LogP contribution in [0.3, 0.4) is 0 Å². The summed E-state index contributed by atoms with van der Waals surface area (Å²) in [6.07, 6.45) is 0. The topological polar surface area (TPSA) is 53.0 Å². The lowest BCUT2D eigenvalue weighted by atomic mass is 10.1. The van der Waals surface area contributed by atoms with E-state index in [0.717, 1.165) is 17.9 Å². The zero-order chi connectivity index (χ0) is 15.8. The van der Waals surface area contributed by atoms with Crippen LogP contribution in [0.15, 0.2) is 24.3 Å². The van der Waals surface area contributed by atoms with E-state index in [1.54, 1.807) is 0 Å². The Balaban J connectivity index is 2.92. The van der Waals surface area contributed by atoms with Crippen LogP contribution in [0.5, 0.6) is 5.75 Å². The van der Waals surface area contributed by atoms with Crippen molar-refractivity contribution < 1.29 is 14.6 Å². The van der Waals surface area contributed by atoms with Crippen LogP contribution < -0.4 is 4.74 Å². The number of carboxylic acid groups (broad SMARTS) is 1. The molecule has 0 aliphatic rings. The molecule has 0 saturated carbocycles. The number of likely N-dealkylation sites (N-methyl/N-ethyl adjacent to an activating group) is 1. The molecule has 0 aliphatic carbocycles. The molecule has 0 radical (unpaired) electrons. The van der Waals surface area contributed by atoms with E-state index >= 15 is 0 Å². The predicted molar refractivity (Wildman–Crippen MR) is 83.8 cm³/mol. The Bertz CT molecular complexity index is 449. The van der Waals surface area contributed by atoms with E-state index in [-0.39, 0.29) is 12.6 Å². The van der Waals surface area contributed by atoms with Gasteiger partial charge < -0.3 is 14.7 Å². The van der Waals surface area contributed by atoms with Gasteiger partial charge in [0.2, 0.25) is 0 Å². The monoisotopic (exact) mass is 294 g/mol. The molecule has 1 atom stereocenters. The highest BCUT2D eigenvalue weighted by molar-refractivity contribution is 5.69. The molecule has 1 N–H and O–H groups in total. The number of carboxylic acids is 1. The molecular formula is C16H26N2O3. The normalized spacial score (nSPS) is 12.7. The van der Waals surface area contributed by atoms with Gasteiger partial charge >= 0.3 is 5.97 Å². The summed E-state index contributed by atoms with van der Waals surface area (Å²) in [7, 11) is 3.97. The molecular weight excluding hydrogens is 268 g/mol. The lowest BCUT2D eigenvalue weighted by Gasteiger charge is -2.30. The maximum Gasteiger partial charge on any atom is 0.317 e. The van der Waals surface area contributed by atoms with Crippen LogP contribution in [-0.4, -0.2) is 61.2 Å². The van der Waals surface area contributed by atoms with E-state index in [2.05, 4.69) is 4.90 Å². The van der Waals surface area contributed by atoms with Gasteiger partial charge in [-0.3, -0.25) is 9.69 Å². The Morgan fingerprint density at radius 1 is 1.29 bits per heavy atom. The first-order valence-electron chi connectivity index (χ1n) is 7.28. The molecule has 0 fully saturated rings. The van der Waals surface area contributed by atoms with Crippen molar-refractivity contribution in [1.82, 2.24) is 9.80 Å². The summed E-state index contributed by atoms with van der Waals surface area (Å²) in [6, 6.07) is 7.81. The molecule has 21 heavy (non-hydrogen) atoms. The van der Waals surface area contributed by atoms with E-state index in [0.29, 0.717) is 13.2 Å². The second kappa shape index (κ2) is 8.64. The summed E-state index contributed by atoms with van der Waals surface area (Å²) in [5, 5.41) is 9.13. The summed E-state index contributed by atoms with van der Waals surface area (Å²) in [5.74, 6) is 0.0160. The zero-order valence-corrected chi connectivity index (χ0v) is 13.4. The van der Waals surface area contributed by atoms with Crippen LogP contribution in [0, 0.1) is 0 Å². The van der Waals surface area contributed by atoms with Crippen molar-refractivity contribution in [3.05, 3.63) is 29.8 Å². The number of hydrogen-bond acceptors (Lipinski definition) is 4. The largest absolute Gasteiger partial charge is 0.494 e. The third-order valence-electron chi connectivity index (χ3n) is 3.39. The Kier molecular flexibility index (Phi) is 7.19. The Morgan fingerprint density at radius 3 is 2.52 bits per heavy atom. The van der Waals surface area contributed by atoms with Crippen LogP contribution in [0.4, 0.5) is 0 Å². The van der Waals surface area contributed by atoms with Crippen molar-refractivity contribution in [2.24, 2.45) is 0 Å². The number of para-hydroxylation sites is 1. The van der Waals surface area contributed by atoms with Crippen LogP contribution in [0.25, 0.3) is 0 Å². The van der Waals surface area contributed by atoms with E-state index in [4.69, 9.17) is 9.84 Å². The fourth-order valence-electron chi connectivity index (χ4n) is 2.22. The molecule has 0 heterocycles. The van der Waals surface area contributed by atoms with Crippen molar-refractivity contribution in [2.45, 2.75) is 19.9 Å². The van der Waals surface area contributed by atoms with Crippen molar-refractivity contribution >= 4 is 5.97 Å². The SMILES string of the molecule is CCOc1ccccc1C(C)N(CCN(C)C)CC(=O)O. The molecule has 0 bridgehead atoms. The average molecular weight is 294 g/mol. The number of benzene rings is 1. The van der Waals surface area contributed by atoms with Crippen LogP contribution >= 0.6 is 0 Å². The standard InChI is InChI=1S/C16H26N2O3/c1-5-21-15-9-7-6-8-14(15)13(2)18(12-16(19)20)11-10-17(3)4/h6-9,13H,5,10-12H2,1-4H3,(H,19,20). The molecule has 0 saturated heterocycles. The van der Waals surface area contributed by atoms with Crippen molar-refractivity contribution in [1.29, 1.82) is 0 Å². The minimum atomic E-state index is -0.811. The highest BCUT2D eigenvalue weighted by Crippen LogP contribution is 2.28. The van der Waals surface area contributed by atoms with Gasteiger partial charge in [0.05, 0.1) is 13.2 Å². The van der Waals surface area contributed by atoms with E-state index in [9.17, 15) is 4.79 Å². The third-order valence-corrected chi connectivity index (χ3v) is 3.39. The van der Waals surface area contributed by atoms with Crippen LogP contribution in [-0.2, 0) is 4.79 Å². The maximum absolute atomic E-state index is 11.1. The Hall–Kier alpha value is -1.59. The van der Waals surface area contributed by atoms with E-state index < -0.39 is 5.97 Å². The summed E-state index contributed by atoms with van der Waals surface area (Å²) in [4.78, 5) is 15.1. The number of carbonyl (C=O) groups is 1. The Labute approximate surface area is 127 Å². The van der Waals surface area contributed by atoms with Crippen LogP contribution in [0.2, 0.25) is 0 Å². The molecule has 0 aromatic heterocycles. The summed E-state index contributed by atoms with van der Waals surface area (Å²) >= 11 is 0. The molecule has 5 heteroatoms. The first kappa shape index (κ1) is 17.5. The number of rotatable bonds is 9. The number of hydrogen-bond donors (Lipinski definition) is 1. The molecule has 0 spiro atoms. The van der Waals surface area contributed by atoms with Gasteiger partial charge in [-0.25, -0.2) is 0 Å². The van der Waals surface area contributed by atoms with E-state index in [1.165, 1.54) is 0 Å². The van der Waals surface area contributed by atoms with Gasteiger partial charge in [-0.05, 0) is 34.0 Å². The van der Waals surface area contributed by atoms with Crippen molar-refractivity contribution in [2.75, 3.05) is 40.3 Å². The molecule has 0 amide bonds. The van der Waals surface area contributed by atoms with Gasteiger partial charge in [-0.1, -0.05) is 18.2 Å². The molecule has 5 nitrogen and oxygen atoms in total. The summed E-state index contributed by atoms with van der Waals surface area (Å²) in [5.41, 5.74) is 1.03.